The van der Waals surface area contributed by atoms with Crippen molar-refractivity contribution in [2.75, 3.05) is 31.1 Å². The molecule has 9 nitrogen and oxygen atoms in total. The van der Waals surface area contributed by atoms with Gasteiger partial charge in [0, 0.05) is 49.0 Å². The number of carbonyl (C=O) groups is 1. The van der Waals surface area contributed by atoms with Gasteiger partial charge in [-0.1, -0.05) is 17.7 Å². The van der Waals surface area contributed by atoms with E-state index in [2.05, 4.69) is 4.72 Å². The molecule has 0 aliphatic carbocycles. The Hall–Kier alpha value is -2.69. The smallest absolute Gasteiger partial charge is 0.271 e. The highest BCUT2D eigenvalue weighted by Crippen LogP contribution is 2.22. The van der Waals surface area contributed by atoms with E-state index in [4.69, 9.17) is 11.6 Å². The summed E-state index contributed by atoms with van der Waals surface area (Å²) in [6.07, 6.45) is 0. The standard InChI is InChI=1S/C19H21ClN4O5S/c1-14(21-30(28,29)18-7-5-15(20)6-8-18)19(25)23-11-9-22(10-12-23)16-3-2-4-17(13-16)24(26)27/h2-8,13-14,21H,9-12H2,1H3/t14-/m0/s1. The van der Waals surface area contributed by atoms with E-state index < -0.39 is 21.0 Å². The first kappa shape index (κ1) is 22.0. The largest absolute Gasteiger partial charge is 0.368 e. The van der Waals surface area contributed by atoms with Crippen LogP contribution in [-0.4, -0.2) is 56.4 Å². The number of carbonyl (C=O) groups excluding carboxylic acids is 1. The molecule has 1 amide bonds. The average molecular weight is 453 g/mol. The van der Waals surface area contributed by atoms with Crippen LogP contribution in [0, 0.1) is 10.1 Å². The first-order valence-corrected chi connectivity index (χ1v) is 11.1. The van der Waals surface area contributed by atoms with Gasteiger partial charge in [0.15, 0.2) is 0 Å². The molecule has 1 fully saturated rings. The molecule has 30 heavy (non-hydrogen) atoms. The van der Waals surface area contributed by atoms with E-state index >= 15 is 0 Å². The summed E-state index contributed by atoms with van der Waals surface area (Å²) in [5, 5.41) is 11.4. The van der Waals surface area contributed by atoms with Crippen molar-refractivity contribution in [2.24, 2.45) is 0 Å². The second kappa shape index (κ2) is 8.99. The lowest BCUT2D eigenvalue weighted by Gasteiger charge is -2.37. The second-order valence-electron chi connectivity index (χ2n) is 6.89. The predicted octanol–water partition coefficient (Wildman–Crippen LogP) is 2.26. The normalized spacial score (nSPS) is 15.7. The fraction of sp³-hybridized carbons (Fsp3) is 0.316. The van der Waals surface area contributed by atoms with Gasteiger partial charge in [-0.2, -0.15) is 4.72 Å². The van der Waals surface area contributed by atoms with Crippen molar-refractivity contribution in [2.45, 2.75) is 17.9 Å². The van der Waals surface area contributed by atoms with Gasteiger partial charge in [0.05, 0.1) is 15.9 Å². The van der Waals surface area contributed by atoms with Gasteiger partial charge in [-0.05, 0) is 37.3 Å². The first-order valence-electron chi connectivity index (χ1n) is 9.23. The van der Waals surface area contributed by atoms with Crippen LogP contribution in [0.1, 0.15) is 6.92 Å². The molecule has 1 saturated heterocycles. The Bertz CT molecular complexity index is 1040. The summed E-state index contributed by atoms with van der Waals surface area (Å²) < 4.78 is 27.4. The third kappa shape index (κ3) is 5.07. The molecule has 0 aromatic heterocycles. The zero-order valence-corrected chi connectivity index (χ0v) is 17.8. The minimum Gasteiger partial charge on any atom is -0.368 e. The Morgan fingerprint density at radius 3 is 2.37 bits per heavy atom. The number of nitro benzene ring substituents is 1. The summed E-state index contributed by atoms with van der Waals surface area (Å²) >= 11 is 5.79. The van der Waals surface area contributed by atoms with Gasteiger partial charge >= 0.3 is 0 Å². The quantitative estimate of drug-likeness (QED) is 0.531. The predicted molar refractivity (Wildman–Crippen MR) is 113 cm³/mol. The molecule has 1 aliphatic rings. The molecule has 1 atom stereocenters. The Kier molecular flexibility index (Phi) is 6.59. The molecule has 0 saturated carbocycles. The molecule has 1 N–H and O–H groups in total. The zero-order chi connectivity index (χ0) is 21.9. The van der Waals surface area contributed by atoms with Crippen LogP contribution >= 0.6 is 11.6 Å². The molecule has 0 radical (unpaired) electrons. The van der Waals surface area contributed by atoms with E-state index in [9.17, 15) is 23.3 Å². The molecule has 3 rings (SSSR count). The highest BCUT2D eigenvalue weighted by atomic mass is 35.5. The molecule has 1 aliphatic heterocycles. The van der Waals surface area contributed by atoms with E-state index in [1.165, 1.54) is 43.3 Å². The lowest BCUT2D eigenvalue weighted by molar-refractivity contribution is -0.384. The number of rotatable bonds is 6. The monoisotopic (exact) mass is 452 g/mol. The van der Waals surface area contributed by atoms with Crippen LogP contribution < -0.4 is 9.62 Å². The van der Waals surface area contributed by atoms with Gasteiger partial charge < -0.3 is 9.80 Å². The van der Waals surface area contributed by atoms with Crippen LogP contribution in [0.25, 0.3) is 0 Å². The number of anilines is 1. The maximum absolute atomic E-state index is 12.7. The molecule has 2 aromatic carbocycles. The number of hydrogen-bond donors (Lipinski definition) is 1. The average Bonchev–Trinajstić information content (AvgIpc) is 2.73. The Morgan fingerprint density at radius 1 is 1.13 bits per heavy atom. The van der Waals surface area contributed by atoms with Crippen molar-refractivity contribution in [3.05, 3.63) is 63.7 Å². The molecule has 1 heterocycles. The van der Waals surface area contributed by atoms with E-state index in [-0.39, 0.29) is 16.5 Å². The number of sulfonamides is 1. The summed E-state index contributed by atoms with van der Waals surface area (Å²) in [4.78, 5) is 26.8. The minimum absolute atomic E-state index is 0.0104. The van der Waals surface area contributed by atoms with Gasteiger partial charge in [0.25, 0.3) is 5.69 Å². The summed E-state index contributed by atoms with van der Waals surface area (Å²) in [5.41, 5.74) is 0.726. The third-order valence-corrected chi connectivity index (χ3v) is 6.63. The third-order valence-electron chi connectivity index (χ3n) is 4.82. The summed E-state index contributed by atoms with van der Waals surface area (Å²) in [7, 11) is -3.86. The highest BCUT2D eigenvalue weighted by Gasteiger charge is 2.28. The van der Waals surface area contributed by atoms with Gasteiger partial charge in [0.1, 0.15) is 0 Å². The number of nitro groups is 1. The number of nitrogens with one attached hydrogen (secondary N) is 1. The van der Waals surface area contributed by atoms with Crippen molar-refractivity contribution in [3.8, 4) is 0 Å². The van der Waals surface area contributed by atoms with E-state index in [1.807, 2.05) is 4.90 Å². The lowest BCUT2D eigenvalue weighted by atomic mass is 10.2. The van der Waals surface area contributed by atoms with Crippen LogP contribution in [0.15, 0.2) is 53.4 Å². The van der Waals surface area contributed by atoms with Crippen LogP contribution in [0.5, 0.6) is 0 Å². The molecule has 160 valence electrons. The Morgan fingerprint density at radius 2 is 1.77 bits per heavy atom. The Labute approximate surface area is 179 Å². The highest BCUT2D eigenvalue weighted by molar-refractivity contribution is 7.89. The van der Waals surface area contributed by atoms with E-state index in [0.29, 0.717) is 36.9 Å². The minimum atomic E-state index is -3.86. The summed E-state index contributed by atoms with van der Waals surface area (Å²) in [5.74, 6) is -0.328. The number of halogens is 1. The van der Waals surface area contributed by atoms with Gasteiger partial charge in [0.2, 0.25) is 15.9 Å². The molecule has 0 spiro atoms. The van der Waals surface area contributed by atoms with Crippen molar-refractivity contribution in [1.82, 2.24) is 9.62 Å². The molecule has 0 bridgehead atoms. The molecule has 2 aromatic rings. The van der Waals surface area contributed by atoms with Crippen LogP contribution in [-0.2, 0) is 14.8 Å². The van der Waals surface area contributed by atoms with E-state index in [1.54, 1.807) is 17.0 Å². The molecular weight excluding hydrogens is 432 g/mol. The van der Waals surface area contributed by atoms with Crippen molar-refractivity contribution in [1.29, 1.82) is 0 Å². The van der Waals surface area contributed by atoms with Gasteiger partial charge in [-0.15, -0.1) is 0 Å². The fourth-order valence-electron chi connectivity index (χ4n) is 3.23. The van der Waals surface area contributed by atoms with Crippen molar-refractivity contribution in [3.63, 3.8) is 0 Å². The lowest BCUT2D eigenvalue weighted by Crippen LogP contribution is -2.54. The van der Waals surface area contributed by atoms with Crippen LogP contribution in [0.3, 0.4) is 0 Å². The van der Waals surface area contributed by atoms with Crippen LogP contribution in [0.4, 0.5) is 11.4 Å². The topological polar surface area (TPSA) is 113 Å². The first-order chi connectivity index (χ1) is 14.2. The number of non-ortho nitro benzene ring substituents is 1. The number of nitrogens with zero attached hydrogens (tertiary/aromatic N) is 3. The molecular formula is C19H21ClN4O5S. The SMILES string of the molecule is C[C@H](NS(=O)(=O)c1ccc(Cl)cc1)C(=O)N1CCN(c2cccc([N+](=O)[O-])c2)CC1. The number of piperazine rings is 1. The van der Waals surface area contributed by atoms with E-state index in [0.717, 1.165) is 0 Å². The second-order valence-corrected chi connectivity index (χ2v) is 9.04. The maximum atomic E-state index is 12.7. The molecule has 0 unspecified atom stereocenters. The van der Waals surface area contributed by atoms with Gasteiger partial charge in [-0.3, -0.25) is 14.9 Å². The Balaban J connectivity index is 1.60. The van der Waals surface area contributed by atoms with Crippen LogP contribution in [0.2, 0.25) is 5.02 Å². The molecule has 11 heteroatoms. The fourth-order valence-corrected chi connectivity index (χ4v) is 4.55. The van der Waals surface area contributed by atoms with Crippen molar-refractivity contribution < 1.29 is 18.1 Å². The number of hydrogen-bond acceptors (Lipinski definition) is 6. The zero-order valence-electron chi connectivity index (χ0n) is 16.2. The van der Waals surface area contributed by atoms with Crippen molar-refractivity contribution >= 4 is 38.9 Å². The van der Waals surface area contributed by atoms with Gasteiger partial charge in [-0.25, -0.2) is 8.42 Å². The number of amides is 1. The summed E-state index contributed by atoms with van der Waals surface area (Å²) in [6, 6.07) is 11.1. The number of benzene rings is 2. The summed E-state index contributed by atoms with van der Waals surface area (Å²) in [6.45, 7) is 3.25. The maximum Gasteiger partial charge on any atom is 0.271 e.